The lowest BCUT2D eigenvalue weighted by molar-refractivity contribution is -0.140. The first-order chi connectivity index (χ1) is 16.7. The van der Waals surface area contributed by atoms with Crippen LogP contribution in [0, 0.1) is 5.92 Å². The Labute approximate surface area is 207 Å². The molecule has 1 aliphatic rings. The lowest BCUT2D eigenvalue weighted by Gasteiger charge is -2.27. The van der Waals surface area contributed by atoms with Crippen LogP contribution in [0.5, 0.6) is 11.5 Å². The fourth-order valence-electron chi connectivity index (χ4n) is 4.11. The number of hydrogen-bond acceptors (Lipinski definition) is 6. The highest BCUT2D eigenvalue weighted by Crippen LogP contribution is 2.42. The third-order valence-corrected chi connectivity index (χ3v) is 5.77. The number of rotatable bonds is 11. The highest BCUT2D eigenvalue weighted by molar-refractivity contribution is 6.46. The second-order valence-electron chi connectivity index (χ2n) is 9.35. The van der Waals surface area contributed by atoms with E-state index in [4.69, 9.17) is 9.47 Å². The van der Waals surface area contributed by atoms with Gasteiger partial charge in [0.2, 0.25) is 0 Å². The van der Waals surface area contributed by atoms with Crippen molar-refractivity contribution in [3.63, 3.8) is 0 Å². The zero-order valence-electron chi connectivity index (χ0n) is 21.3. The minimum absolute atomic E-state index is 0.0721. The monoisotopic (exact) mass is 480 g/mol. The summed E-state index contributed by atoms with van der Waals surface area (Å²) in [5.41, 5.74) is 1.20. The topological polar surface area (TPSA) is 79.3 Å². The molecule has 0 aromatic heterocycles. The van der Waals surface area contributed by atoms with Gasteiger partial charge in [-0.2, -0.15) is 0 Å². The van der Waals surface area contributed by atoms with Gasteiger partial charge < -0.3 is 24.4 Å². The molecule has 188 valence electrons. The first-order valence-electron chi connectivity index (χ1n) is 12.1. The molecule has 1 amide bonds. The Hall–Kier alpha value is -3.32. The predicted molar refractivity (Wildman–Crippen MR) is 137 cm³/mol. The fraction of sp³-hybridized carbons (Fsp3) is 0.429. The number of carbonyl (C=O) groups is 2. The van der Waals surface area contributed by atoms with Crippen LogP contribution in [0.15, 0.2) is 54.1 Å². The molecule has 1 N–H and O–H groups in total. The number of nitrogens with zero attached hydrogens (tertiary/aromatic N) is 2. The van der Waals surface area contributed by atoms with Crippen molar-refractivity contribution in [2.75, 3.05) is 40.4 Å². The van der Waals surface area contributed by atoms with E-state index < -0.39 is 17.7 Å². The van der Waals surface area contributed by atoms with Gasteiger partial charge >= 0.3 is 0 Å². The van der Waals surface area contributed by atoms with Crippen LogP contribution in [0.2, 0.25) is 0 Å². The van der Waals surface area contributed by atoms with Gasteiger partial charge in [0.25, 0.3) is 11.7 Å². The van der Waals surface area contributed by atoms with Gasteiger partial charge in [0.15, 0.2) is 0 Å². The molecule has 0 aliphatic carbocycles. The van der Waals surface area contributed by atoms with Crippen LogP contribution in [0.25, 0.3) is 5.76 Å². The van der Waals surface area contributed by atoms with Crippen molar-refractivity contribution in [3.8, 4) is 11.5 Å². The maximum atomic E-state index is 13.2. The molecular weight excluding hydrogens is 444 g/mol. The summed E-state index contributed by atoms with van der Waals surface area (Å²) in [7, 11) is 3.93. The molecule has 0 saturated carbocycles. The number of benzene rings is 2. The summed E-state index contributed by atoms with van der Waals surface area (Å²) < 4.78 is 11.6. The normalized spacial score (nSPS) is 17.5. The number of amides is 1. The molecule has 0 bridgehead atoms. The summed E-state index contributed by atoms with van der Waals surface area (Å²) >= 11 is 0. The molecule has 1 aliphatic heterocycles. The summed E-state index contributed by atoms with van der Waals surface area (Å²) in [6.07, 6.45) is 0.690. The highest BCUT2D eigenvalue weighted by atomic mass is 16.5. The van der Waals surface area contributed by atoms with Crippen molar-refractivity contribution in [1.82, 2.24) is 9.80 Å². The predicted octanol–water partition coefficient (Wildman–Crippen LogP) is 4.49. The van der Waals surface area contributed by atoms with Crippen LogP contribution in [0.4, 0.5) is 0 Å². The van der Waals surface area contributed by atoms with Crippen LogP contribution in [-0.4, -0.2) is 67.0 Å². The molecule has 0 radical (unpaired) electrons. The second-order valence-corrected chi connectivity index (χ2v) is 9.35. The van der Waals surface area contributed by atoms with E-state index in [0.29, 0.717) is 54.7 Å². The van der Waals surface area contributed by atoms with E-state index in [2.05, 4.69) is 13.8 Å². The molecule has 1 atom stereocenters. The molecule has 3 rings (SSSR count). The Morgan fingerprint density at radius 2 is 1.74 bits per heavy atom. The van der Waals surface area contributed by atoms with E-state index in [0.717, 1.165) is 6.54 Å². The van der Waals surface area contributed by atoms with Gasteiger partial charge in [-0.1, -0.05) is 32.0 Å². The third-order valence-electron chi connectivity index (χ3n) is 5.77. The molecular formula is C28H36N2O5. The summed E-state index contributed by atoms with van der Waals surface area (Å²) in [6.45, 7) is 8.18. The molecule has 1 heterocycles. The number of para-hydroxylation sites is 1. The number of likely N-dealkylation sites (tertiary alicyclic amines) is 1. The Balaban J connectivity index is 2.05. The van der Waals surface area contributed by atoms with Gasteiger partial charge in [-0.15, -0.1) is 0 Å². The lowest BCUT2D eigenvalue weighted by atomic mass is 9.94. The van der Waals surface area contributed by atoms with Crippen molar-refractivity contribution in [1.29, 1.82) is 0 Å². The molecule has 1 fully saturated rings. The number of Topliss-reactive ketones (excluding diaryl/α,β-unsaturated/α-hetero) is 1. The minimum Gasteiger partial charge on any atom is -0.507 e. The number of hydrogen-bond donors (Lipinski definition) is 1. The lowest BCUT2D eigenvalue weighted by Crippen LogP contribution is -2.32. The van der Waals surface area contributed by atoms with E-state index >= 15 is 0 Å². The van der Waals surface area contributed by atoms with Crippen molar-refractivity contribution >= 4 is 17.4 Å². The summed E-state index contributed by atoms with van der Waals surface area (Å²) in [5, 5.41) is 11.3. The zero-order valence-corrected chi connectivity index (χ0v) is 21.3. The van der Waals surface area contributed by atoms with E-state index in [1.165, 1.54) is 0 Å². The molecule has 2 aromatic rings. The Kier molecular flexibility index (Phi) is 8.93. The van der Waals surface area contributed by atoms with E-state index in [1.54, 1.807) is 29.2 Å². The fourth-order valence-corrected chi connectivity index (χ4v) is 4.11. The van der Waals surface area contributed by atoms with Crippen LogP contribution in [0.3, 0.4) is 0 Å². The number of ketones is 1. The van der Waals surface area contributed by atoms with E-state index in [1.807, 2.05) is 50.2 Å². The van der Waals surface area contributed by atoms with Crippen molar-refractivity contribution in [2.45, 2.75) is 33.2 Å². The Morgan fingerprint density at radius 1 is 1.06 bits per heavy atom. The maximum absolute atomic E-state index is 13.2. The number of aliphatic hydroxyl groups is 1. The van der Waals surface area contributed by atoms with E-state index in [9.17, 15) is 14.7 Å². The molecule has 0 unspecified atom stereocenters. The molecule has 7 nitrogen and oxygen atoms in total. The van der Waals surface area contributed by atoms with Gasteiger partial charge in [0, 0.05) is 17.7 Å². The van der Waals surface area contributed by atoms with Crippen LogP contribution in [-0.2, 0) is 9.59 Å². The van der Waals surface area contributed by atoms with E-state index in [-0.39, 0.29) is 11.3 Å². The number of carbonyl (C=O) groups excluding carboxylic acids is 2. The average molecular weight is 481 g/mol. The largest absolute Gasteiger partial charge is 0.507 e. The van der Waals surface area contributed by atoms with Crippen molar-refractivity contribution < 1.29 is 24.2 Å². The number of aliphatic hydroxyl groups excluding tert-OH is 1. The van der Waals surface area contributed by atoms with Gasteiger partial charge in [-0.3, -0.25) is 9.59 Å². The second kappa shape index (κ2) is 11.9. The third kappa shape index (κ3) is 6.22. The Bertz CT molecular complexity index is 1060. The standard InChI is InChI=1S/C28H36N2O5/c1-6-34-23-11-8-7-10-22(23)25-24(27(32)28(33)30(25)17-9-16-29(4)5)26(31)20-12-14-21(15-13-20)35-18-19(2)3/h7-8,10-15,19,25,31H,6,9,16-18H2,1-5H3/t25-/m0/s1. The van der Waals surface area contributed by atoms with Crippen LogP contribution < -0.4 is 9.47 Å². The SMILES string of the molecule is CCOc1ccccc1[C@H]1C(=C(O)c2ccc(OCC(C)C)cc2)C(=O)C(=O)N1CCCN(C)C. The average Bonchev–Trinajstić information content (AvgIpc) is 3.08. The summed E-state index contributed by atoms with van der Waals surface area (Å²) in [4.78, 5) is 30.0. The highest BCUT2D eigenvalue weighted by Gasteiger charge is 2.46. The van der Waals surface area contributed by atoms with Crippen LogP contribution in [0.1, 0.15) is 44.4 Å². The van der Waals surface area contributed by atoms with Crippen molar-refractivity contribution in [3.05, 3.63) is 65.2 Å². The molecule has 35 heavy (non-hydrogen) atoms. The first-order valence-corrected chi connectivity index (χ1v) is 12.1. The van der Waals surface area contributed by atoms with Crippen LogP contribution >= 0.6 is 0 Å². The first kappa shape index (κ1) is 26.3. The maximum Gasteiger partial charge on any atom is 0.295 e. The van der Waals surface area contributed by atoms with Gasteiger partial charge in [-0.05, 0) is 70.2 Å². The smallest absolute Gasteiger partial charge is 0.295 e. The Morgan fingerprint density at radius 3 is 2.37 bits per heavy atom. The molecule has 1 saturated heterocycles. The minimum atomic E-state index is -0.739. The molecule has 7 heteroatoms. The zero-order chi connectivity index (χ0) is 25.5. The summed E-state index contributed by atoms with van der Waals surface area (Å²) in [6, 6.07) is 13.5. The van der Waals surface area contributed by atoms with Crippen molar-refractivity contribution in [2.24, 2.45) is 5.92 Å². The quantitative estimate of drug-likeness (QED) is 0.290. The van der Waals surface area contributed by atoms with Gasteiger partial charge in [0.05, 0.1) is 24.8 Å². The van der Waals surface area contributed by atoms with Gasteiger partial charge in [0.1, 0.15) is 17.3 Å². The number of ether oxygens (including phenoxy) is 2. The molecule has 2 aromatic carbocycles. The van der Waals surface area contributed by atoms with Gasteiger partial charge in [-0.25, -0.2) is 0 Å². The molecule has 0 spiro atoms. The summed E-state index contributed by atoms with van der Waals surface area (Å²) in [5.74, 6) is 0.143.